The van der Waals surface area contributed by atoms with E-state index in [0.29, 0.717) is 10.9 Å². The highest BCUT2D eigenvalue weighted by Gasteiger charge is 2.21. The molecule has 0 spiro atoms. The van der Waals surface area contributed by atoms with Gasteiger partial charge in [0, 0.05) is 17.5 Å². The van der Waals surface area contributed by atoms with Crippen LogP contribution in [0.25, 0.3) is 0 Å². The molecular formula is C14H22N2O2S. The van der Waals surface area contributed by atoms with Crippen molar-refractivity contribution < 1.29 is 9.90 Å². The molecule has 1 fully saturated rings. The van der Waals surface area contributed by atoms with Gasteiger partial charge in [0.2, 0.25) is 0 Å². The number of rotatable bonds is 4. The van der Waals surface area contributed by atoms with E-state index < -0.39 is 5.97 Å². The second kappa shape index (κ2) is 6.03. The molecule has 0 unspecified atom stereocenters. The van der Waals surface area contributed by atoms with Gasteiger partial charge in [-0.1, -0.05) is 0 Å². The van der Waals surface area contributed by atoms with Gasteiger partial charge in [-0.25, -0.2) is 4.79 Å². The molecule has 1 aromatic heterocycles. The molecule has 0 radical (unpaired) electrons. The Labute approximate surface area is 118 Å². The molecule has 4 nitrogen and oxygen atoms in total. The Morgan fingerprint density at radius 2 is 2.11 bits per heavy atom. The Hall–Kier alpha value is -0.910. The van der Waals surface area contributed by atoms with Crippen LogP contribution in [0.4, 0.5) is 0 Å². The van der Waals surface area contributed by atoms with Gasteiger partial charge in [-0.05, 0) is 58.6 Å². The number of aryl methyl sites for hydroxylation is 1. The molecule has 1 saturated heterocycles. The summed E-state index contributed by atoms with van der Waals surface area (Å²) in [5, 5.41) is 9.02. The molecule has 0 bridgehead atoms. The molecule has 0 saturated carbocycles. The Morgan fingerprint density at radius 3 is 2.58 bits per heavy atom. The maximum atomic E-state index is 11.0. The van der Waals surface area contributed by atoms with Crippen molar-refractivity contribution >= 4 is 17.3 Å². The normalized spacial score (nSPS) is 18.1. The summed E-state index contributed by atoms with van der Waals surface area (Å²) in [6, 6.07) is 2.52. The highest BCUT2D eigenvalue weighted by molar-refractivity contribution is 7.14. The first-order valence-electron chi connectivity index (χ1n) is 6.68. The number of hydrogen-bond donors (Lipinski definition) is 1. The summed E-state index contributed by atoms with van der Waals surface area (Å²) in [6.07, 6.45) is 2.39. The third-order valence-electron chi connectivity index (χ3n) is 3.91. The van der Waals surface area contributed by atoms with Crippen molar-refractivity contribution in [2.24, 2.45) is 0 Å². The molecule has 0 aliphatic carbocycles. The summed E-state index contributed by atoms with van der Waals surface area (Å²) in [5.41, 5.74) is 1.17. The van der Waals surface area contributed by atoms with Gasteiger partial charge in [-0.15, -0.1) is 11.3 Å². The molecular weight excluding hydrogens is 260 g/mol. The van der Waals surface area contributed by atoms with Crippen molar-refractivity contribution in [2.75, 3.05) is 27.2 Å². The third-order valence-corrected chi connectivity index (χ3v) is 4.99. The van der Waals surface area contributed by atoms with E-state index in [1.165, 1.54) is 29.7 Å². The third kappa shape index (κ3) is 3.55. The van der Waals surface area contributed by atoms with Crippen molar-refractivity contribution in [3.8, 4) is 0 Å². The molecule has 1 aliphatic rings. The maximum Gasteiger partial charge on any atom is 0.345 e. The molecule has 5 heteroatoms. The zero-order valence-corrected chi connectivity index (χ0v) is 12.7. The number of thiophene rings is 1. The Bertz CT molecular complexity index is 448. The van der Waals surface area contributed by atoms with Crippen LogP contribution in [0.1, 0.15) is 33.0 Å². The summed E-state index contributed by atoms with van der Waals surface area (Å²) in [5.74, 6) is -0.814. The topological polar surface area (TPSA) is 43.8 Å². The van der Waals surface area contributed by atoms with Crippen LogP contribution in [0.15, 0.2) is 6.07 Å². The van der Waals surface area contributed by atoms with Crippen LogP contribution in [0.3, 0.4) is 0 Å². The highest BCUT2D eigenvalue weighted by Crippen LogP contribution is 2.24. The smallest absolute Gasteiger partial charge is 0.345 e. The van der Waals surface area contributed by atoms with E-state index in [2.05, 4.69) is 23.9 Å². The van der Waals surface area contributed by atoms with Crippen LogP contribution in [0.2, 0.25) is 0 Å². The van der Waals surface area contributed by atoms with Crippen LogP contribution >= 0.6 is 11.3 Å². The SMILES string of the molecule is Cc1sc(C(=O)O)cc1CN1CCC(N(C)C)CC1. The minimum Gasteiger partial charge on any atom is -0.477 e. The van der Waals surface area contributed by atoms with E-state index >= 15 is 0 Å². The van der Waals surface area contributed by atoms with Gasteiger partial charge in [0.1, 0.15) is 4.88 Å². The fraction of sp³-hybridized carbons (Fsp3) is 0.643. The fourth-order valence-corrected chi connectivity index (χ4v) is 3.49. The molecule has 2 heterocycles. The Morgan fingerprint density at radius 1 is 1.47 bits per heavy atom. The second-order valence-electron chi connectivity index (χ2n) is 5.47. The maximum absolute atomic E-state index is 11.0. The predicted molar refractivity (Wildman–Crippen MR) is 78.0 cm³/mol. The predicted octanol–water partition coefficient (Wildman–Crippen LogP) is 2.28. The van der Waals surface area contributed by atoms with E-state index in [1.807, 2.05) is 13.0 Å². The molecule has 19 heavy (non-hydrogen) atoms. The van der Waals surface area contributed by atoms with Gasteiger partial charge >= 0.3 is 5.97 Å². The number of carboxylic acids is 1. The lowest BCUT2D eigenvalue weighted by Crippen LogP contribution is -2.41. The Balaban J connectivity index is 1.94. The number of carboxylic acid groups (broad SMARTS) is 1. The molecule has 0 aromatic carbocycles. The summed E-state index contributed by atoms with van der Waals surface area (Å²) in [4.78, 5) is 17.3. The van der Waals surface area contributed by atoms with Crippen molar-refractivity contribution in [1.29, 1.82) is 0 Å². The van der Waals surface area contributed by atoms with E-state index in [4.69, 9.17) is 5.11 Å². The first-order valence-corrected chi connectivity index (χ1v) is 7.50. The number of carbonyl (C=O) groups is 1. The number of nitrogens with zero attached hydrogens (tertiary/aromatic N) is 2. The molecule has 0 amide bonds. The second-order valence-corrected chi connectivity index (χ2v) is 6.72. The van der Waals surface area contributed by atoms with Gasteiger partial charge in [-0.2, -0.15) is 0 Å². The van der Waals surface area contributed by atoms with Gasteiger partial charge in [-0.3, -0.25) is 4.90 Å². The monoisotopic (exact) mass is 282 g/mol. The van der Waals surface area contributed by atoms with Crippen LogP contribution in [-0.2, 0) is 6.54 Å². The van der Waals surface area contributed by atoms with E-state index in [-0.39, 0.29) is 0 Å². The fourth-order valence-electron chi connectivity index (χ4n) is 2.62. The number of likely N-dealkylation sites (tertiary alicyclic amines) is 1. The average Bonchev–Trinajstić information content (AvgIpc) is 2.72. The van der Waals surface area contributed by atoms with Crippen LogP contribution in [-0.4, -0.2) is 54.1 Å². The summed E-state index contributed by atoms with van der Waals surface area (Å²) >= 11 is 1.38. The first-order chi connectivity index (χ1) is 8.97. The van der Waals surface area contributed by atoms with E-state index in [0.717, 1.165) is 24.5 Å². The number of hydrogen-bond acceptors (Lipinski definition) is 4. The lowest BCUT2D eigenvalue weighted by atomic mass is 10.0. The van der Waals surface area contributed by atoms with Crippen molar-refractivity contribution in [3.05, 3.63) is 21.4 Å². The van der Waals surface area contributed by atoms with E-state index in [9.17, 15) is 4.79 Å². The van der Waals surface area contributed by atoms with Gasteiger partial charge in [0.05, 0.1) is 0 Å². The van der Waals surface area contributed by atoms with Gasteiger partial charge < -0.3 is 10.0 Å². The number of aromatic carboxylic acids is 1. The molecule has 1 N–H and O–H groups in total. The van der Waals surface area contributed by atoms with Crippen LogP contribution < -0.4 is 0 Å². The molecule has 0 atom stereocenters. The molecule has 1 aliphatic heterocycles. The minimum absolute atomic E-state index is 0.454. The van der Waals surface area contributed by atoms with Crippen molar-refractivity contribution in [1.82, 2.24) is 9.80 Å². The zero-order valence-electron chi connectivity index (χ0n) is 11.8. The molecule has 106 valence electrons. The average molecular weight is 282 g/mol. The van der Waals surface area contributed by atoms with Gasteiger partial charge in [0.15, 0.2) is 0 Å². The van der Waals surface area contributed by atoms with E-state index in [1.54, 1.807) is 0 Å². The quantitative estimate of drug-likeness (QED) is 0.920. The Kier molecular flexibility index (Phi) is 4.60. The summed E-state index contributed by atoms with van der Waals surface area (Å²) in [7, 11) is 4.28. The highest BCUT2D eigenvalue weighted by atomic mass is 32.1. The molecule has 1 aromatic rings. The standard InChI is InChI=1S/C14H22N2O2S/c1-10-11(8-13(19-10)14(17)18)9-16-6-4-12(5-7-16)15(2)3/h8,12H,4-7,9H2,1-3H3,(H,17,18). The lowest BCUT2D eigenvalue weighted by molar-refractivity contribution is 0.0702. The largest absolute Gasteiger partial charge is 0.477 e. The summed E-state index contributed by atoms with van der Waals surface area (Å²) in [6.45, 7) is 5.09. The first kappa shape index (κ1) is 14.5. The van der Waals surface area contributed by atoms with Crippen molar-refractivity contribution in [3.63, 3.8) is 0 Å². The minimum atomic E-state index is -0.814. The van der Waals surface area contributed by atoms with Crippen LogP contribution in [0, 0.1) is 6.92 Å². The lowest BCUT2D eigenvalue weighted by Gasteiger charge is -2.35. The molecule has 2 rings (SSSR count). The van der Waals surface area contributed by atoms with Crippen molar-refractivity contribution in [2.45, 2.75) is 32.4 Å². The number of piperidine rings is 1. The summed E-state index contributed by atoms with van der Waals surface area (Å²) < 4.78 is 0. The van der Waals surface area contributed by atoms with Gasteiger partial charge in [0.25, 0.3) is 0 Å². The van der Waals surface area contributed by atoms with Crippen LogP contribution in [0.5, 0.6) is 0 Å². The zero-order chi connectivity index (χ0) is 14.0.